The Hall–Kier alpha value is -1.14. The smallest absolute Gasteiger partial charge is 0.303 e. The molecule has 0 aliphatic carbocycles. The highest BCUT2D eigenvalue weighted by molar-refractivity contribution is 5.78. The summed E-state index contributed by atoms with van der Waals surface area (Å²) in [5.74, 6) is -1.16. The number of carbonyl (C=O) groups excluding carboxylic acids is 1. The Balaban J connectivity index is 4.22. The van der Waals surface area contributed by atoms with Gasteiger partial charge in [-0.05, 0) is 26.4 Å². The summed E-state index contributed by atoms with van der Waals surface area (Å²) in [4.78, 5) is 24.2. The molecule has 0 fully saturated rings. The zero-order valence-corrected chi connectivity index (χ0v) is 12.5. The van der Waals surface area contributed by atoms with Gasteiger partial charge in [-0.15, -0.1) is 0 Å². The lowest BCUT2D eigenvalue weighted by Crippen LogP contribution is -2.47. The van der Waals surface area contributed by atoms with Crippen LogP contribution in [0.15, 0.2) is 0 Å². The number of amides is 1. The molecular formula is C13H26N2O4. The van der Waals surface area contributed by atoms with Crippen LogP contribution in [0.4, 0.5) is 0 Å². The number of carbonyl (C=O) groups is 2. The number of carboxylic acid groups (broad SMARTS) is 1. The van der Waals surface area contributed by atoms with Gasteiger partial charge in [0.15, 0.2) is 0 Å². The molecular weight excluding hydrogens is 248 g/mol. The topological polar surface area (TPSA) is 89.9 Å². The molecule has 0 aromatic heterocycles. The van der Waals surface area contributed by atoms with E-state index in [-0.39, 0.29) is 25.3 Å². The van der Waals surface area contributed by atoms with Crippen LogP contribution < -0.4 is 5.32 Å². The molecule has 6 nitrogen and oxygen atoms in total. The monoisotopic (exact) mass is 274 g/mol. The third-order valence-corrected chi connectivity index (χ3v) is 2.59. The van der Waals surface area contributed by atoms with Gasteiger partial charge in [-0.25, -0.2) is 0 Å². The standard InChI is InChI=1S/C13H26N2O4/c1-12(2,7-11(17)18)6-10(16)14-8-13(3,19)9-15(4)5/h19H,6-9H2,1-5H3,(H,14,16)(H,17,18). The van der Waals surface area contributed by atoms with E-state index in [2.05, 4.69) is 5.32 Å². The minimum atomic E-state index is -1.00. The normalized spacial score (nSPS) is 15.1. The van der Waals surface area contributed by atoms with Gasteiger partial charge in [-0.1, -0.05) is 13.8 Å². The zero-order chi connectivity index (χ0) is 15.3. The Morgan fingerprint density at radius 3 is 2.11 bits per heavy atom. The van der Waals surface area contributed by atoms with Crippen molar-refractivity contribution >= 4 is 11.9 Å². The van der Waals surface area contributed by atoms with Gasteiger partial charge in [0.1, 0.15) is 0 Å². The van der Waals surface area contributed by atoms with Crippen LogP contribution in [-0.2, 0) is 9.59 Å². The first-order valence-corrected chi connectivity index (χ1v) is 6.29. The van der Waals surface area contributed by atoms with Crippen LogP contribution >= 0.6 is 0 Å². The van der Waals surface area contributed by atoms with Crippen molar-refractivity contribution in [2.75, 3.05) is 27.2 Å². The molecule has 0 bridgehead atoms. The third-order valence-electron chi connectivity index (χ3n) is 2.59. The van der Waals surface area contributed by atoms with E-state index >= 15 is 0 Å². The largest absolute Gasteiger partial charge is 0.481 e. The predicted molar refractivity (Wildman–Crippen MR) is 72.8 cm³/mol. The van der Waals surface area contributed by atoms with Crippen LogP contribution in [0.25, 0.3) is 0 Å². The molecule has 1 unspecified atom stereocenters. The Labute approximate surface area is 114 Å². The maximum absolute atomic E-state index is 11.7. The van der Waals surface area contributed by atoms with Crippen LogP contribution in [0, 0.1) is 5.41 Å². The Bertz CT molecular complexity index is 325. The fourth-order valence-corrected chi connectivity index (χ4v) is 2.00. The van der Waals surface area contributed by atoms with Gasteiger partial charge in [0.2, 0.25) is 5.91 Å². The number of hydrogen-bond acceptors (Lipinski definition) is 4. The van der Waals surface area contributed by atoms with Crippen molar-refractivity contribution in [3.63, 3.8) is 0 Å². The van der Waals surface area contributed by atoms with Gasteiger partial charge in [0, 0.05) is 19.5 Å². The average Bonchev–Trinajstić information content (AvgIpc) is 2.09. The number of rotatable bonds is 8. The highest BCUT2D eigenvalue weighted by Gasteiger charge is 2.27. The molecule has 0 aliphatic rings. The quantitative estimate of drug-likeness (QED) is 0.592. The summed E-state index contributed by atoms with van der Waals surface area (Å²) < 4.78 is 0. The van der Waals surface area contributed by atoms with Crippen LogP contribution in [0.2, 0.25) is 0 Å². The fraction of sp³-hybridized carbons (Fsp3) is 0.846. The van der Waals surface area contributed by atoms with Crippen LogP contribution in [0.1, 0.15) is 33.6 Å². The molecule has 0 aromatic carbocycles. The van der Waals surface area contributed by atoms with Crippen molar-refractivity contribution in [3.8, 4) is 0 Å². The number of aliphatic carboxylic acids is 1. The first-order chi connectivity index (χ1) is 8.43. The number of carboxylic acids is 1. The van der Waals surface area contributed by atoms with Crippen molar-refractivity contribution in [2.45, 2.75) is 39.2 Å². The summed E-state index contributed by atoms with van der Waals surface area (Å²) in [5, 5.41) is 21.4. The minimum absolute atomic E-state index is 0.0610. The molecule has 0 heterocycles. The maximum atomic E-state index is 11.7. The second kappa shape index (κ2) is 6.86. The number of likely N-dealkylation sites (N-methyl/N-ethyl adjacent to an activating group) is 1. The van der Waals surface area contributed by atoms with Gasteiger partial charge in [0.25, 0.3) is 0 Å². The molecule has 112 valence electrons. The van der Waals surface area contributed by atoms with Crippen LogP contribution in [-0.4, -0.2) is 59.8 Å². The fourth-order valence-electron chi connectivity index (χ4n) is 2.00. The van der Waals surface area contributed by atoms with Crippen molar-refractivity contribution in [1.82, 2.24) is 10.2 Å². The summed E-state index contributed by atoms with van der Waals surface area (Å²) in [6.07, 6.45) is 0.0614. The average molecular weight is 274 g/mol. The van der Waals surface area contributed by atoms with Crippen molar-refractivity contribution in [1.29, 1.82) is 0 Å². The number of nitrogens with one attached hydrogen (secondary N) is 1. The molecule has 0 radical (unpaired) electrons. The lowest BCUT2D eigenvalue weighted by molar-refractivity contribution is -0.139. The number of nitrogens with zero attached hydrogens (tertiary/aromatic N) is 1. The highest BCUT2D eigenvalue weighted by atomic mass is 16.4. The summed E-state index contributed by atoms with van der Waals surface area (Å²) in [6.45, 7) is 5.70. The van der Waals surface area contributed by atoms with Crippen molar-refractivity contribution in [3.05, 3.63) is 0 Å². The van der Waals surface area contributed by atoms with E-state index in [4.69, 9.17) is 5.11 Å². The van der Waals surface area contributed by atoms with E-state index in [1.165, 1.54) is 0 Å². The molecule has 0 spiro atoms. The minimum Gasteiger partial charge on any atom is -0.481 e. The Kier molecular flexibility index (Phi) is 6.45. The molecule has 0 saturated carbocycles. The van der Waals surface area contributed by atoms with E-state index in [1.807, 2.05) is 19.0 Å². The molecule has 6 heteroatoms. The van der Waals surface area contributed by atoms with Crippen LogP contribution in [0.3, 0.4) is 0 Å². The van der Waals surface area contributed by atoms with E-state index in [1.54, 1.807) is 20.8 Å². The summed E-state index contributed by atoms with van der Waals surface area (Å²) in [6, 6.07) is 0. The Morgan fingerprint density at radius 2 is 1.68 bits per heavy atom. The molecule has 0 saturated heterocycles. The van der Waals surface area contributed by atoms with Crippen molar-refractivity contribution in [2.24, 2.45) is 5.41 Å². The van der Waals surface area contributed by atoms with E-state index in [0.29, 0.717) is 6.54 Å². The van der Waals surface area contributed by atoms with Gasteiger partial charge in [-0.3, -0.25) is 9.59 Å². The lowest BCUT2D eigenvalue weighted by atomic mass is 9.85. The molecule has 0 aliphatic heterocycles. The number of aliphatic hydroxyl groups is 1. The molecule has 0 rings (SSSR count). The molecule has 1 atom stereocenters. The SMILES string of the molecule is CN(C)CC(C)(O)CNC(=O)CC(C)(C)CC(=O)O. The van der Waals surface area contributed by atoms with E-state index in [9.17, 15) is 14.7 Å². The highest BCUT2D eigenvalue weighted by Crippen LogP contribution is 2.24. The summed E-state index contributed by atoms with van der Waals surface area (Å²) in [7, 11) is 3.68. The third kappa shape index (κ3) is 9.44. The molecule has 19 heavy (non-hydrogen) atoms. The first kappa shape index (κ1) is 17.9. The van der Waals surface area contributed by atoms with Crippen molar-refractivity contribution < 1.29 is 19.8 Å². The second-order valence-corrected chi connectivity index (χ2v) is 6.42. The second-order valence-electron chi connectivity index (χ2n) is 6.42. The van der Waals surface area contributed by atoms with Gasteiger partial charge >= 0.3 is 5.97 Å². The zero-order valence-electron chi connectivity index (χ0n) is 12.5. The maximum Gasteiger partial charge on any atom is 0.303 e. The molecule has 1 amide bonds. The van der Waals surface area contributed by atoms with Gasteiger partial charge in [0.05, 0.1) is 12.0 Å². The summed E-state index contributed by atoms with van der Waals surface area (Å²) in [5.41, 5.74) is -1.60. The van der Waals surface area contributed by atoms with Gasteiger partial charge in [-0.2, -0.15) is 0 Å². The lowest BCUT2D eigenvalue weighted by Gasteiger charge is -2.28. The Morgan fingerprint density at radius 1 is 1.16 bits per heavy atom. The predicted octanol–water partition coefficient (Wildman–Crippen LogP) is 0.306. The molecule has 0 aromatic rings. The van der Waals surface area contributed by atoms with Gasteiger partial charge < -0.3 is 20.4 Å². The number of hydrogen-bond donors (Lipinski definition) is 3. The summed E-state index contributed by atoms with van der Waals surface area (Å²) >= 11 is 0. The first-order valence-electron chi connectivity index (χ1n) is 6.29. The molecule has 3 N–H and O–H groups in total. The van der Waals surface area contributed by atoms with Crippen LogP contribution in [0.5, 0.6) is 0 Å². The van der Waals surface area contributed by atoms with E-state index < -0.39 is 17.0 Å². The van der Waals surface area contributed by atoms with E-state index in [0.717, 1.165) is 0 Å².